The predicted molar refractivity (Wildman–Crippen MR) is 86.2 cm³/mol. The minimum Gasteiger partial charge on any atom is -0.467 e. The first-order chi connectivity index (χ1) is 12.2. The van der Waals surface area contributed by atoms with Crippen LogP contribution in [0.1, 0.15) is 32.4 Å². The zero-order valence-corrected chi connectivity index (χ0v) is 15.6. The summed E-state index contributed by atoms with van der Waals surface area (Å²) in [5.41, 5.74) is -6.32. The Hall–Kier alpha value is -2.50. The van der Waals surface area contributed by atoms with E-state index < -0.39 is 45.1 Å². The predicted octanol–water partition coefficient (Wildman–Crippen LogP) is 2.65. The zero-order chi connectivity index (χ0) is 21.0. The van der Waals surface area contributed by atoms with Gasteiger partial charge in [0, 0.05) is 0 Å². The number of benzene rings is 1. The summed E-state index contributed by atoms with van der Waals surface area (Å²) in [6, 6.07) is 2.65. The molecule has 27 heavy (non-hydrogen) atoms. The largest absolute Gasteiger partial charge is 0.534 e. The minimum atomic E-state index is -5.83. The first-order valence-electron chi connectivity index (χ1n) is 7.34. The van der Waals surface area contributed by atoms with E-state index in [1.165, 1.54) is 0 Å². The molecule has 0 bridgehead atoms. The number of amides is 1. The van der Waals surface area contributed by atoms with Crippen LogP contribution in [0.15, 0.2) is 24.3 Å². The van der Waals surface area contributed by atoms with Crippen molar-refractivity contribution in [3.05, 3.63) is 29.8 Å². The first-order valence-corrected chi connectivity index (χ1v) is 8.75. The van der Waals surface area contributed by atoms with Crippen LogP contribution in [0.5, 0.6) is 5.75 Å². The average molecular weight is 413 g/mol. The number of ether oxygens (including phenoxy) is 2. The first kappa shape index (κ1) is 22.5. The highest BCUT2D eigenvalue weighted by Crippen LogP contribution is 2.28. The monoisotopic (exact) mass is 413 g/mol. The Morgan fingerprint density at radius 2 is 1.59 bits per heavy atom. The van der Waals surface area contributed by atoms with Crippen molar-refractivity contribution in [1.82, 2.24) is 5.32 Å². The fourth-order valence-electron chi connectivity index (χ4n) is 1.71. The van der Waals surface area contributed by atoms with Gasteiger partial charge in [-0.1, -0.05) is 12.1 Å². The van der Waals surface area contributed by atoms with Gasteiger partial charge in [-0.05, 0) is 38.5 Å². The van der Waals surface area contributed by atoms with Gasteiger partial charge in [0.25, 0.3) is 0 Å². The van der Waals surface area contributed by atoms with Crippen LogP contribution in [-0.2, 0) is 24.4 Å². The Bertz CT molecular complexity index is 783. The SMILES string of the molecule is COC(=O)[C@H](NC(=O)OC(C)(C)C)c1ccc(OS(=O)(=O)C(F)(F)F)cc1. The number of rotatable bonds is 5. The third kappa shape index (κ3) is 6.62. The molecular weight excluding hydrogens is 395 g/mol. The van der Waals surface area contributed by atoms with Crippen LogP contribution in [0.2, 0.25) is 0 Å². The topological polar surface area (TPSA) is 108 Å². The van der Waals surface area contributed by atoms with Crippen LogP contribution in [0.4, 0.5) is 18.0 Å². The number of methoxy groups -OCH3 is 1. The zero-order valence-electron chi connectivity index (χ0n) is 14.8. The number of carbonyl (C=O) groups is 2. The number of carbonyl (C=O) groups excluding carboxylic acids is 2. The summed E-state index contributed by atoms with van der Waals surface area (Å²) >= 11 is 0. The average Bonchev–Trinajstić information content (AvgIpc) is 2.49. The standard InChI is InChI=1S/C15H18F3NO7S/c1-14(2,3)25-13(21)19-11(12(20)24-4)9-5-7-10(8-6-9)26-27(22,23)15(16,17)18/h5-8,11H,1-4H3,(H,19,21)/t11-/m1/s1. The normalized spacial score (nSPS) is 13.4. The maximum Gasteiger partial charge on any atom is 0.534 e. The molecule has 1 N–H and O–H groups in total. The summed E-state index contributed by atoms with van der Waals surface area (Å²) in [7, 11) is -4.76. The molecule has 152 valence electrons. The fraction of sp³-hybridized carbons (Fsp3) is 0.467. The second kappa shape index (κ2) is 8.03. The molecule has 12 heteroatoms. The molecule has 0 saturated heterocycles. The van der Waals surface area contributed by atoms with Crippen LogP contribution >= 0.6 is 0 Å². The molecule has 0 saturated carbocycles. The summed E-state index contributed by atoms with van der Waals surface area (Å²) in [5, 5.41) is 2.26. The number of alkyl halides is 3. The van der Waals surface area contributed by atoms with Gasteiger partial charge in [-0.15, -0.1) is 0 Å². The molecular formula is C15H18F3NO7S. The van der Waals surface area contributed by atoms with E-state index in [-0.39, 0.29) is 5.56 Å². The van der Waals surface area contributed by atoms with Gasteiger partial charge in [-0.3, -0.25) is 0 Å². The van der Waals surface area contributed by atoms with Crippen molar-refractivity contribution in [2.75, 3.05) is 7.11 Å². The molecule has 0 aliphatic rings. The lowest BCUT2D eigenvalue weighted by Crippen LogP contribution is -2.38. The van der Waals surface area contributed by atoms with E-state index in [2.05, 4.69) is 14.2 Å². The lowest BCUT2D eigenvalue weighted by Gasteiger charge is -2.22. The van der Waals surface area contributed by atoms with Crippen molar-refractivity contribution in [3.8, 4) is 5.75 Å². The van der Waals surface area contributed by atoms with Gasteiger partial charge >= 0.3 is 27.7 Å². The molecule has 8 nitrogen and oxygen atoms in total. The van der Waals surface area contributed by atoms with Gasteiger partial charge in [-0.25, -0.2) is 9.59 Å². The number of hydrogen-bond donors (Lipinski definition) is 1. The molecule has 0 fully saturated rings. The van der Waals surface area contributed by atoms with E-state index in [0.717, 1.165) is 31.4 Å². The van der Waals surface area contributed by atoms with Crippen molar-refractivity contribution in [3.63, 3.8) is 0 Å². The van der Waals surface area contributed by atoms with Gasteiger partial charge in [-0.2, -0.15) is 21.6 Å². The highest BCUT2D eigenvalue weighted by atomic mass is 32.2. The Morgan fingerprint density at radius 3 is 2.00 bits per heavy atom. The maximum absolute atomic E-state index is 12.3. The molecule has 0 unspecified atom stereocenters. The lowest BCUT2D eigenvalue weighted by atomic mass is 10.1. The Kier molecular flexibility index (Phi) is 6.70. The highest BCUT2D eigenvalue weighted by Gasteiger charge is 2.48. The van der Waals surface area contributed by atoms with E-state index >= 15 is 0 Å². The van der Waals surface area contributed by atoms with E-state index in [0.29, 0.717) is 0 Å². The van der Waals surface area contributed by atoms with Crippen molar-refractivity contribution in [2.24, 2.45) is 0 Å². The third-order valence-corrected chi connectivity index (χ3v) is 3.78. The Balaban J connectivity index is 3.02. The van der Waals surface area contributed by atoms with Crippen molar-refractivity contribution >= 4 is 22.2 Å². The smallest absolute Gasteiger partial charge is 0.467 e. The van der Waals surface area contributed by atoms with Gasteiger partial charge in [0.1, 0.15) is 11.4 Å². The van der Waals surface area contributed by atoms with Crippen molar-refractivity contribution in [2.45, 2.75) is 37.9 Å². The molecule has 0 heterocycles. The van der Waals surface area contributed by atoms with Crippen LogP contribution in [-0.4, -0.2) is 38.7 Å². The minimum absolute atomic E-state index is 0.101. The molecule has 0 aliphatic heterocycles. The Labute approximate surface area is 153 Å². The molecule has 1 atom stereocenters. The Morgan fingerprint density at radius 1 is 1.07 bits per heavy atom. The number of nitrogens with one attached hydrogen (secondary N) is 1. The molecule has 1 aromatic rings. The van der Waals surface area contributed by atoms with Crippen LogP contribution in [0.3, 0.4) is 0 Å². The summed E-state index contributed by atoms with van der Waals surface area (Å²) in [5.74, 6) is -1.51. The number of esters is 1. The lowest BCUT2D eigenvalue weighted by molar-refractivity contribution is -0.143. The maximum atomic E-state index is 12.3. The summed E-state index contributed by atoms with van der Waals surface area (Å²) in [4.78, 5) is 23.7. The summed E-state index contributed by atoms with van der Waals surface area (Å²) in [6.45, 7) is 4.81. The molecule has 0 aromatic heterocycles. The molecule has 1 aromatic carbocycles. The molecule has 1 rings (SSSR count). The molecule has 0 aliphatic carbocycles. The summed E-state index contributed by atoms with van der Waals surface area (Å²) in [6.07, 6.45) is -0.933. The summed E-state index contributed by atoms with van der Waals surface area (Å²) < 4.78 is 72.5. The van der Waals surface area contributed by atoms with Crippen LogP contribution in [0, 0.1) is 0 Å². The second-order valence-corrected chi connectivity index (χ2v) is 7.69. The van der Waals surface area contributed by atoms with Crippen molar-refractivity contribution in [1.29, 1.82) is 0 Å². The molecule has 1 amide bonds. The quantitative estimate of drug-likeness (QED) is 0.449. The van der Waals surface area contributed by atoms with E-state index in [4.69, 9.17) is 4.74 Å². The van der Waals surface area contributed by atoms with Gasteiger partial charge in [0.05, 0.1) is 7.11 Å². The van der Waals surface area contributed by atoms with Gasteiger partial charge in [0.2, 0.25) is 0 Å². The number of hydrogen-bond acceptors (Lipinski definition) is 7. The van der Waals surface area contributed by atoms with Gasteiger partial charge < -0.3 is 19.0 Å². The van der Waals surface area contributed by atoms with Crippen LogP contribution in [0.25, 0.3) is 0 Å². The third-order valence-electron chi connectivity index (χ3n) is 2.80. The molecule has 0 spiro atoms. The molecule has 0 radical (unpaired) electrons. The van der Waals surface area contributed by atoms with Crippen molar-refractivity contribution < 1.29 is 44.8 Å². The van der Waals surface area contributed by atoms with E-state index in [1.807, 2.05) is 0 Å². The highest BCUT2D eigenvalue weighted by molar-refractivity contribution is 7.88. The number of halogens is 3. The van der Waals surface area contributed by atoms with Crippen LogP contribution < -0.4 is 9.50 Å². The number of alkyl carbamates (subject to hydrolysis) is 1. The fourth-order valence-corrected chi connectivity index (χ4v) is 2.17. The second-order valence-electron chi connectivity index (χ2n) is 6.15. The van der Waals surface area contributed by atoms with Gasteiger partial charge in [0.15, 0.2) is 6.04 Å². The van der Waals surface area contributed by atoms with E-state index in [1.54, 1.807) is 20.8 Å². The van der Waals surface area contributed by atoms with E-state index in [9.17, 15) is 31.2 Å².